The third-order valence-corrected chi connectivity index (χ3v) is 5.41. The third-order valence-electron chi connectivity index (χ3n) is 3.40. The van der Waals surface area contributed by atoms with E-state index in [0.29, 0.717) is 29.1 Å². The molecule has 1 aromatic carbocycles. The molecule has 0 radical (unpaired) electrons. The minimum absolute atomic E-state index is 0.324. The summed E-state index contributed by atoms with van der Waals surface area (Å²) in [6.45, 7) is 4.94. The fourth-order valence-corrected chi connectivity index (χ4v) is 3.90. The second-order valence-corrected chi connectivity index (χ2v) is 6.71. The largest absolute Gasteiger partial charge is 0.399 e. The van der Waals surface area contributed by atoms with Crippen molar-refractivity contribution in [3.05, 3.63) is 24.4 Å². The summed E-state index contributed by atoms with van der Waals surface area (Å²) >= 11 is 0. The van der Waals surface area contributed by atoms with Gasteiger partial charge in [0.2, 0.25) is 10.0 Å². The Kier molecular flexibility index (Phi) is 4.35. The monoisotopic (exact) mass is 295 g/mol. The Bertz CT molecular complexity index is 692. The van der Waals surface area contributed by atoms with E-state index in [1.54, 1.807) is 24.4 Å². The van der Waals surface area contributed by atoms with Crippen molar-refractivity contribution in [3.63, 3.8) is 0 Å². The Labute approximate surface area is 119 Å². The molecule has 0 saturated carbocycles. The van der Waals surface area contributed by atoms with Gasteiger partial charge in [-0.05, 0) is 24.6 Å². The molecule has 0 aliphatic heterocycles. The summed E-state index contributed by atoms with van der Waals surface area (Å²) < 4.78 is 26.9. The van der Waals surface area contributed by atoms with E-state index in [2.05, 4.69) is 11.9 Å². The maximum atomic E-state index is 12.7. The Morgan fingerprint density at radius 2 is 2.05 bits per heavy atom. The maximum Gasteiger partial charge on any atom is 0.245 e. The van der Waals surface area contributed by atoms with Gasteiger partial charge >= 0.3 is 0 Å². The average Bonchev–Trinajstić information content (AvgIpc) is 2.82. The SMILES string of the molecule is CCCCN(CC)S(=O)(=O)c1c[nH]c2cc(N)ccc12. The first-order valence-corrected chi connectivity index (χ1v) is 8.31. The van der Waals surface area contributed by atoms with Crippen molar-refractivity contribution in [2.75, 3.05) is 18.8 Å². The van der Waals surface area contributed by atoms with Crippen LogP contribution in [0.15, 0.2) is 29.3 Å². The van der Waals surface area contributed by atoms with Crippen LogP contribution in [0, 0.1) is 0 Å². The molecule has 110 valence electrons. The van der Waals surface area contributed by atoms with Crippen LogP contribution in [-0.4, -0.2) is 30.8 Å². The second-order valence-electron chi connectivity index (χ2n) is 4.81. The second kappa shape index (κ2) is 5.85. The summed E-state index contributed by atoms with van der Waals surface area (Å²) in [4.78, 5) is 3.31. The molecule has 2 rings (SSSR count). The lowest BCUT2D eigenvalue weighted by Crippen LogP contribution is -2.31. The number of hydrogen-bond donors (Lipinski definition) is 2. The van der Waals surface area contributed by atoms with E-state index in [4.69, 9.17) is 5.73 Å². The van der Waals surface area contributed by atoms with Gasteiger partial charge in [-0.2, -0.15) is 4.31 Å². The number of aromatic nitrogens is 1. The van der Waals surface area contributed by atoms with Crippen LogP contribution in [0.4, 0.5) is 5.69 Å². The van der Waals surface area contributed by atoms with Crippen molar-refractivity contribution in [3.8, 4) is 0 Å². The van der Waals surface area contributed by atoms with E-state index in [-0.39, 0.29) is 0 Å². The number of nitrogen functional groups attached to an aromatic ring is 1. The number of benzene rings is 1. The van der Waals surface area contributed by atoms with Crippen LogP contribution in [0.5, 0.6) is 0 Å². The summed E-state index contributed by atoms with van der Waals surface area (Å²) in [6.07, 6.45) is 3.38. The average molecular weight is 295 g/mol. The molecule has 0 saturated heterocycles. The highest BCUT2D eigenvalue weighted by Gasteiger charge is 2.25. The van der Waals surface area contributed by atoms with Gasteiger partial charge in [0.1, 0.15) is 4.90 Å². The van der Waals surface area contributed by atoms with E-state index in [1.165, 1.54) is 4.31 Å². The number of rotatable bonds is 6. The number of nitrogens with two attached hydrogens (primary N) is 1. The molecule has 2 aromatic rings. The highest BCUT2D eigenvalue weighted by Crippen LogP contribution is 2.27. The molecule has 0 fully saturated rings. The molecule has 0 atom stereocenters. The van der Waals surface area contributed by atoms with Gasteiger partial charge in [-0.25, -0.2) is 8.42 Å². The third kappa shape index (κ3) is 2.66. The molecule has 6 heteroatoms. The Morgan fingerprint density at radius 3 is 2.70 bits per heavy atom. The molecule has 20 heavy (non-hydrogen) atoms. The van der Waals surface area contributed by atoms with Crippen LogP contribution in [0.25, 0.3) is 10.9 Å². The predicted molar refractivity (Wildman–Crippen MR) is 82.1 cm³/mol. The zero-order valence-electron chi connectivity index (χ0n) is 11.9. The van der Waals surface area contributed by atoms with Gasteiger partial charge in [0.15, 0.2) is 0 Å². The summed E-state index contributed by atoms with van der Waals surface area (Å²) in [5, 5.41) is 0.689. The molecule has 0 bridgehead atoms. The predicted octanol–water partition coefficient (Wildman–Crippen LogP) is 2.56. The van der Waals surface area contributed by atoms with E-state index in [1.807, 2.05) is 6.92 Å². The van der Waals surface area contributed by atoms with Crippen molar-refractivity contribution in [1.82, 2.24) is 9.29 Å². The molecule has 0 unspecified atom stereocenters. The van der Waals surface area contributed by atoms with Gasteiger partial charge in [0, 0.05) is 35.9 Å². The molecule has 3 N–H and O–H groups in total. The molecule has 0 aliphatic carbocycles. The van der Waals surface area contributed by atoms with Gasteiger partial charge in [-0.15, -0.1) is 0 Å². The number of H-pyrrole nitrogens is 1. The number of unbranched alkanes of at least 4 members (excludes halogenated alkanes) is 1. The zero-order valence-corrected chi connectivity index (χ0v) is 12.7. The smallest absolute Gasteiger partial charge is 0.245 e. The van der Waals surface area contributed by atoms with Crippen LogP contribution in [-0.2, 0) is 10.0 Å². The number of nitrogens with one attached hydrogen (secondary N) is 1. The van der Waals surface area contributed by atoms with Gasteiger partial charge in [0.25, 0.3) is 0 Å². The molecule has 1 heterocycles. The van der Waals surface area contributed by atoms with Gasteiger partial charge in [-0.1, -0.05) is 20.3 Å². The summed E-state index contributed by atoms with van der Waals surface area (Å²) in [5.74, 6) is 0. The van der Waals surface area contributed by atoms with Crippen LogP contribution in [0.3, 0.4) is 0 Å². The van der Waals surface area contributed by atoms with Crippen molar-refractivity contribution in [1.29, 1.82) is 0 Å². The molecular weight excluding hydrogens is 274 g/mol. The summed E-state index contributed by atoms with van der Waals surface area (Å²) in [5.41, 5.74) is 7.07. The van der Waals surface area contributed by atoms with Crippen LogP contribution >= 0.6 is 0 Å². The summed E-state index contributed by atoms with van der Waals surface area (Å²) in [7, 11) is -3.46. The van der Waals surface area contributed by atoms with Gasteiger partial charge in [0.05, 0.1) is 0 Å². The Balaban J connectivity index is 2.45. The Morgan fingerprint density at radius 1 is 1.30 bits per heavy atom. The van der Waals surface area contributed by atoms with E-state index >= 15 is 0 Å². The fraction of sp³-hybridized carbons (Fsp3) is 0.429. The molecular formula is C14H21N3O2S. The maximum absolute atomic E-state index is 12.7. The first kappa shape index (κ1) is 14.9. The van der Waals surface area contributed by atoms with Crippen LogP contribution < -0.4 is 5.73 Å². The van der Waals surface area contributed by atoms with Gasteiger partial charge in [-0.3, -0.25) is 0 Å². The minimum Gasteiger partial charge on any atom is -0.399 e. The summed E-state index contributed by atoms with van der Waals surface area (Å²) in [6, 6.07) is 5.22. The lowest BCUT2D eigenvalue weighted by atomic mass is 10.2. The molecule has 0 spiro atoms. The first-order valence-electron chi connectivity index (χ1n) is 6.87. The Hall–Kier alpha value is -1.53. The number of fused-ring (bicyclic) bond motifs is 1. The topological polar surface area (TPSA) is 79.2 Å². The van der Waals surface area contributed by atoms with E-state index in [0.717, 1.165) is 18.4 Å². The number of hydrogen-bond acceptors (Lipinski definition) is 3. The number of nitrogens with zero attached hydrogens (tertiary/aromatic N) is 1. The minimum atomic E-state index is -3.46. The molecule has 5 nitrogen and oxygen atoms in total. The van der Waals surface area contributed by atoms with Crippen molar-refractivity contribution in [2.24, 2.45) is 0 Å². The van der Waals surface area contributed by atoms with Crippen LogP contribution in [0.1, 0.15) is 26.7 Å². The number of aromatic amines is 1. The highest BCUT2D eigenvalue weighted by atomic mass is 32.2. The number of sulfonamides is 1. The number of anilines is 1. The zero-order chi connectivity index (χ0) is 14.8. The normalized spacial score (nSPS) is 12.3. The molecule has 1 aromatic heterocycles. The molecule has 0 aliphatic rings. The van der Waals surface area contributed by atoms with Crippen molar-refractivity contribution >= 4 is 26.6 Å². The quantitative estimate of drug-likeness (QED) is 0.804. The van der Waals surface area contributed by atoms with Crippen molar-refractivity contribution < 1.29 is 8.42 Å². The lowest BCUT2D eigenvalue weighted by molar-refractivity contribution is 0.419. The molecule has 0 amide bonds. The van der Waals surface area contributed by atoms with Gasteiger partial charge < -0.3 is 10.7 Å². The standard InChI is InChI=1S/C14H21N3O2S/c1-3-5-8-17(4-2)20(18,19)14-10-16-13-9-11(15)6-7-12(13)14/h6-7,9-10,16H,3-5,8,15H2,1-2H3. The van der Waals surface area contributed by atoms with E-state index < -0.39 is 10.0 Å². The van der Waals surface area contributed by atoms with Crippen molar-refractivity contribution in [2.45, 2.75) is 31.6 Å². The highest BCUT2D eigenvalue weighted by molar-refractivity contribution is 7.89. The first-order chi connectivity index (χ1) is 9.50. The lowest BCUT2D eigenvalue weighted by Gasteiger charge is -2.19. The van der Waals surface area contributed by atoms with E-state index in [9.17, 15) is 8.42 Å². The van der Waals surface area contributed by atoms with Crippen LogP contribution in [0.2, 0.25) is 0 Å². The fourth-order valence-electron chi connectivity index (χ4n) is 2.25.